The van der Waals surface area contributed by atoms with E-state index in [0.717, 1.165) is 17.5 Å². The van der Waals surface area contributed by atoms with Crippen LogP contribution in [-0.2, 0) is 6.54 Å². The van der Waals surface area contributed by atoms with Gasteiger partial charge in [-0.1, -0.05) is 54.1 Å². The first kappa shape index (κ1) is 21.4. The minimum absolute atomic E-state index is 0.0480. The maximum absolute atomic E-state index is 13.4. The first-order valence-electron chi connectivity index (χ1n) is 10.9. The number of carbonyl (C=O) groups excluding carboxylic acids is 2. The lowest BCUT2D eigenvalue weighted by atomic mass is 10.1. The van der Waals surface area contributed by atoms with Crippen molar-refractivity contribution in [3.05, 3.63) is 89.5 Å². The predicted molar refractivity (Wildman–Crippen MR) is 129 cm³/mol. The van der Waals surface area contributed by atoms with Crippen LogP contribution in [0.1, 0.15) is 23.1 Å². The Balaban J connectivity index is 1.53. The van der Waals surface area contributed by atoms with Gasteiger partial charge in [-0.25, -0.2) is 9.59 Å². The van der Waals surface area contributed by atoms with Gasteiger partial charge in [-0.2, -0.15) is 0 Å². The Morgan fingerprint density at radius 1 is 0.875 bits per heavy atom. The summed E-state index contributed by atoms with van der Waals surface area (Å²) in [6.45, 7) is 5.92. The van der Waals surface area contributed by atoms with Crippen molar-refractivity contribution in [2.75, 3.05) is 28.6 Å². The summed E-state index contributed by atoms with van der Waals surface area (Å²) in [5.74, 6) is 0. The molecule has 0 bridgehead atoms. The second-order valence-electron chi connectivity index (χ2n) is 8.16. The number of nitrogens with one attached hydrogen (secondary N) is 2. The van der Waals surface area contributed by atoms with Gasteiger partial charge in [0, 0.05) is 25.3 Å². The molecule has 6 heteroatoms. The molecule has 4 amide bonds. The van der Waals surface area contributed by atoms with E-state index in [1.807, 2.05) is 72.5 Å². The van der Waals surface area contributed by atoms with Crippen molar-refractivity contribution >= 4 is 29.1 Å². The Morgan fingerprint density at radius 2 is 1.66 bits per heavy atom. The normalized spacial score (nSPS) is 13.8. The second kappa shape index (κ2) is 9.56. The highest BCUT2D eigenvalue weighted by Gasteiger charge is 2.28. The zero-order valence-corrected chi connectivity index (χ0v) is 18.5. The van der Waals surface area contributed by atoms with Crippen molar-refractivity contribution in [3.8, 4) is 0 Å². The molecule has 0 aliphatic carbocycles. The highest BCUT2D eigenvalue weighted by atomic mass is 16.2. The van der Waals surface area contributed by atoms with Gasteiger partial charge in [0.25, 0.3) is 0 Å². The Bertz CT molecular complexity index is 1110. The SMILES string of the molecule is Cc1cccc(CN2CCCN(c3ccc(C)cc3NC(=O)Nc3ccccc3)C2=O)c1. The number of para-hydroxylation sites is 1. The Kier molecular flexibility index (Phi) is 6.40. The third kappa shape index (κ3) is 5.09. The van der Waals surface area contributed by atoms with E-state index in [0.29, 0.717) is 36.7 Å². The largest absolute Gasteiger partial charge is 0.324 e. The van der Waals surface area contributed by atoms with Gasteiger partial charge >= 0.3 is 12.1 Å². The number of urea groups is 2. The minimum atomic E-state index is -0.343. The molecule has 3 aromatic carbocycles. The predicted octanol–water partition coefficient (Wildman–Crippen LogP) is 5.78. The van der Waals surface area contributed by atoms with Crippen molar-refractivity contribution in [1.29, 1.82) is 0 Å². The first-order valence-corrected chi connectivity index (χ1v) is 10.9. The smallest absolute Gasteiger partial charge is 0.320 e. The molecule has 32 heavy (non-hydrogen) atoms. The zero-order valence-electron chi connectivity index (χ0n) is 18.5. The standard InChI is InChI=1S/C26H28N4O2/c1-19-8-6-9-21(16-19)18-29-14-7-15-30(26(29)32)24-13-12-20(2)17-23(24)28-25(31)27-22-10-4-3-5-11-22/h3-6,8-13,16-17H,7,14-15,18H2,1-2H3,(H2,27,28,31). The lowest BCUT2D eigenvalue weighted by Gasteiger charge is -2.36. The van der Waals surface area contributed by atoms with Gasteiger partial charge in [-0.05, 0) is 55.7 Å². The van der Waals surface area contributed by atoms with E-state index in [4.69, 9.17) is 0 Å². The van der Waals surface area contributed by atoms with Crippen LogP contribution in [0.25, 0.3) is 0 Å². The van der Waals surface area contributed by atoms with Gasteiger partial charge in [-0.3, -0.25) is 4.90 Å². The lowest BCUT2D eigenvalue weighted by Crippen LogP contribution is -2.49. The molecule has 6 nitrogen and oxygen atoms in total. The average molecular weight is 429 g/mol. The molecule has 0 aromatic heterocycles. The monoisotopic (exact) mass is 428 g/mol. The third-order valence-electron chi connectivity index (χ3n) is 5.49. The van der Waals surface area contributed by atoms with Crippen molar-refractivity contribution in [2.24, 2.45) is 0 Å². The molecule has 0 saturated carbocycles. The molecule has 2 N–H and O–H groups in total. The van der Waals surface area contributed by atoms with Gasteiger partial charge < -0.3 is 15.5 Å². The number of anilines is 3. The molecule has 164 valence electrons. The summed E-state index contributed by atoms with van der Waals surface area (Å²) < 4.78 is 0. The fourth-order valence-electron chi connectivity index (χ4n) is 3.97. The van der Waals surface area contributed by atoms with Crippen LogP contribution in [-0.4, -0.2) is 30.1 Å². The van der Waals surface area contributed by atoms with Crippen LogP contribution in [0.3, 0.4) is 0 Å². The van der Waals surface area contributed by atoms with Crippen molar-refractivity contribution < 1.29 is 9.59 Å². The quantitative estimate of drug-likeness (QED) is 0.541. The molecule has 1 aliphatic heterocycles. The molecule has 3 aromatic rings. The van der Waals surface area contributed by atoms with Gasteiger partial charge in [0.1, 0.15) is 0 Å². The van der Waals surface area contributed by atoms with E-state index in [1.165, 1.54) is 5.56 Å². The van der Waals surface area contributed by atoms with Crippen LogP contribution in [0, 0.1) is 13.8 Å². The van der Waals surface area contributed by atoms with Gasteiger partial charge in [0.2, 0.25) is 0 Å². The van der Waals surface area contributed by atoms with E-state index < -0.39 is 0 Å². The number of benzene rings is 3. The number of rotatable bonds is 5. The van der Waals surface area contributed by atoms with Crippen LogP contribution in [0.5, 0.6) is 0 Å². The number of carbonyl (C=O) groups is 2. The summed E-state index contributed by atoms with van der Waals surface area (Å²) >= 11 is 0. The summed E-state index contributed by atoms with van der Waals surface area (Å²) in [6, 6.07) is 22.9. The lowest BCUT2D eigenvalue weighted by molar-refractivity contribution is 0.192. The highest BCUT2D eigenvalue weighted by molar-refractivity contribution is 6.04. The molecule has 0 radical (unpaired) electrons. The zero-order chi connectivity index (χ0) is 22.5. The van der Waals surface area contributed by atoms with Crippen LogP contribution in [0.15, 0.2) is 72.8 Å². The van der Waals surface area contributed by atoms with Gasteiger partial charge in [0.05, 0.1) is 11.4 Å². The second-order valence-corrected chi connectivity index (χ2v) is 8.16. The number of nitrogens with zero attached hydrogens (tertiary/aromatic N) is 2. The minimum Gasteiger partial charge on any atom is -0.320 e. The van der Waals surface area contributed by atoms with Crippen LogP contribution < -0.4 is 15.5 Å². The first-order chi connectivity index (χ1) is 15.5. The van der Waals surface area contributed by atoms with Gasteiger partial charge in [0.15, 0.2) is 0 Å². The third-order valence-corrected chi connectivity index (χ3v) is 5.49. The molecule has 0 atom stereocenters. The fourth-order valence-corrected chi connectivity index (χ4v) is 3.97. The molecule has 1 heterocycles. The van der Waals surface area contributed by atoms with Crippen LogP contribution in [0.2, 0.25) is 0 Å². The average Bonchev–Trinajstić information content (AvgIpc) is 2.76. The Labute approximate surface area is 188 Å². The topological polar surface area (TPSA) is 64.7 Å². The molecule has 0 spiro atoms. The van der Waals surface area contributed by atoms with E-state index >= 15 is 0 Å². The maximum atomic E-state index is 13.4. The van der Waals surface area contributed by atoms with E-state index in [2.05, 4.69) is 29.7 Å². The molecule has 1 fully saturated rings. The van der Waals surface area contributed by atoms with E-state index in [-0.39, 0.29) is 12.1 Å². The molecule has 1 aliphatic rings. The van der Waals surface area contributed by atoms with Crippen molar-refractivity contribution in [2.45, 2.75) is 26.8 Å². The summed E-state index contributed by atoms with van der Waals surface area (Å²) in [5, 5.41) is 5.76. The number of aryl methyl sites for hydroxylation is 2. The number of hydrogen-bond acceptors (Lipinski definition) is 2. The van der Waals surface area contributed by atoms with Gasteiger partial charge in [-0.15, -0.1) is 0 Å². The molecule has 1 saturated heterocycles. The highest BCUT2D eigenvalue weighted by Crippen LogP contribution is 2.30. The molecule has 4 rings (SSSR count). The van der Waals surface area contributed by atoms with Crippen molar-refractivity contribution in [1.82, 2.24) is 4.90 Å². The summed E-state index contributed by atoms with van der Waals surface area (Å²) in [6.07, 6.45) is 0.862. The Morgan fingerprint density at radius 3 is 2.44 bits per heavy atom. The number of amides is 4. The molecule has 0 unspecified atom stereocenters. The van der Waals surface area contributed by atoms with Crippen LogP contribution >= 0.6 is 0 Å². The fraction of sp³-hybridized carbons (Fsp3) is 0.231. The van der Waals surface area contributed by atoms with E-state index in [1.54, 1.807) is 4.90 Å². The van der Waals surface area contributed by atoms with E-state index in [9.17, 15) is 9.59 Å². The number of hydrogen-bond donors (Lipinski definition) is 2. The van der Waals surface area contributed by atoms with Crippen LogP contribution in [0.4, 0.5) is 26.7 Å². The summed E-state index contributed by atoms with van der Waals surface area (Å²) in [4.78, 5) is 29.6. The summed E-state index contributed by atoms with van der Waals surface area (Å²) in [7, 11) is 0. The summed E-state index contributed by atoms with van der Waals surface area (Å²) in [5.41, 5.74) is 5.33. The molecular weight excluding hydrogens is 400 g/mol. The van der Waals surface area contributed by atoms with Crippen molar-refractivity contribution in [3.63, 3.8) is 0 Å². The molecular formula is C26H28N4O2. The Hall–Kier alpha value is -3.80. The maximum Gasteiger partial charge on any atom is 0.324 e.